The van der Waals surface area contributed by atoms with E-state index in [1.165, 1.54) is 0 Å². The molecule has 0 atom stereocenters. The van der Waals surface area contributed by atoms with Gasteiger partial charge in [0.25, 0.3) is 16.0 Å². The Labute approximate surface area is 359 Å². The van der Waals surface area contributed by atoms with Crippen LogP contribution in [-0.2, 0) is 0 Å². The number of hydrogen-bond donors (Lipinski definition) is 0. The van der Waals surface area contributed by atoms with E-state index in [0.29, 0.717) is 0 Å². The predicted molar refractivity (Wildman–Crippen MR) is 263 cm³/mol. The van der Waals surface area contributed by atoms with E-state index < -0.39 is 16.0 Å². The number of hydrogen-bond acceptors (Lipinski definition) is 4. The van der Waals surface area contributed by atoms with Gasteiger partial charge in [-0.2, -0.15) is 0 Å². The van der Waals surface area contributed by atoms with Crippen molar-refractivity contribution in [2.45, 2.75) is 27.7 Å². The van der Waals surface area contributed by atoms with Crippen LogP contribution in [0.2, 0.25) is 0 Å². The molecule has 12 aromatic rings. The van der Waals surface area contributed by atoms with Gasteiger partial charge in [-0.05, 0) is 117 Å². The summed E-state index contributed by atoms with van der Waals surface area (Å²) < 4.78 is 29.3. The average Bonchev–Trinajstić information content (AvgIpc) is 3.59. The minimum atomic E-state index is -1.71. The lowest BCUT2D eigenvalue weighted by atomic mass is 9.93. The van der Waals surface area contributed by atoms with Crippen molar-refractivity contribution in [3.8, 4) is 21.7 Å². The largest absolute Gasteiger partial charge is 0.416 e. The SMILES string of the molecule is Cc1ccc(C)c(-p2oc3ccc4ccccc4c3c3c(ccc4ccccc43)o2)c1-c1c(C)ccc(C)c1-p1oc2ccc3ccccc3c2c2c(ccc3ccccc32)o1. The summed E-state index contributed by atoms with van der Waals surface area (Å²) in [7, 11) is -3.43. The highest BCUT2D eigenvalue weighted by atomic mass is 31.1. The van der Waals surface area contributed by atoms with E-state index in [-0.39, 0.29) is 0 Å². The van der Waals surface area contributed by atoms with Crippen LogP contribution in [-0.4, -0.2) is 0 Å². The summed E-state index contributed by atoms with van der Waals surface area (Å²) in [6.45, 7) is 8.76. The van der Waals surface area contributed by atoms with Crippen LogP contribution in [0.15, 0.2) is 187 Å². The second-order valence-corrected chi connectivity index (χ2v) is 19.0. The van der Waals surface area contributed by atoms with Crippen LogP contribution in [0.5, 0.6) is 0 Å². The van der Waals surface area contributed by atoms with Crippen molar-refractivity contribution in [3.05, 3.63) is 192 Å². The van der Waals surface area contributed by atoms with Gasteiger partial charge in [-0.25, -0.2) is 0 Å². The van der Waals surface area contributed by atoms with Gasteiger partial charge in [-0.15, -0.1) is 0 Å². The van der Waals surface area contributed by atoms with Crippen LogP contribution in [0.4, 0.5) is 0 Å². The zero-order valence-corrected chi connectivity index (χ0v) is 36.5. The summed E-state index contributed by atoms with van der Waals surface area (Å²) in [5, 5.41) is 15.5. The van der Waals surface area contributed by atoms with Crippen molar-refractivity contribution in [3.63, 3.8) is 0 Å². The van der Waals surface area contributed by atoms with E-state index in [1.54, 1.807) is 0 Å². The molecule has 0 radical (unpaired) electrons. The second kappa shape index (κ2) is 14.3. The number of aryl methyl sites for hydroxylation is 4. The van der Waals surface area contributed by atoms with Crippen molar-refractivity contribution in [1.82, 2.24) is 0 Å². The Morgan fingerprint density at radius 2 is 0.532 bits per heavy atom. The molecular weight excluding hydrogens is 799 g/mol. The summed E-state index contributed by atoms with van der Waals surface area (Å²) in [5.74, 6) is 0. The van der Waals surface area contributed by atoms with E-state index >= 15 is 0 Å². The number of fused-ring (bicyclic) bond motifs is 14. The minimum Gasteiger partial charge on any atom is -0.416 e. The zero-order chi connectivity index (χ0) is 41.6. The fourth-order valence-corrected chi connectivity index (χ4v) is 13.0. The topological polar surface area (TPSA) is 52.6 Å². The van der Waals surface area contributed by atoms with Gasteiger partial charge in [-0.3, -0.25) is 0 Å². The van der Waals surface area contributed by atoms with E-state index in [1.807, 2.05) is 0 Å². The Kier molecular flexibility index (Phi) is 8.51. The van der Waals surface area contributed by atoms with Gasteiger partial charge in [0.05, 0.1) is 10.6 Å². The molecule has 0 saturated heterocycles. The third-order valence-electron chi connectivity index (χ3n) is 12.6. The van der Waals surface area contributed by atoms with Crippen molar-refractivity contribution in [2.75, 3.05) is 0 Å². The summed E-state index contributed by atoms with van der Waals surface area (Å²) in [6, 6.07) is 60.2. The van der Waals surface area contributed by atoms with Crippen LogP contribution in [0.1, 0.15) is 22.3 Å². The highest BCUT2D eigenvalue weighted by Gasteiger charge is 2.26. The molecule has 0 bridgehead atoms. The number of benzene rings is 10. The molecule has 0 spiro atoms. The molecular formula is C56H40O4P2. The molecule has 12 rings (SSSR count). The predicted octanol–water partition coefficient (Wildman–Crippen LogP) is 18.4. The molecule has 0 unspecified atom stereocenters. The van der Waals surface area contributed by atoms with Crippen molar-refractivity contribution < 1.29 is 16.8 Å². The lowest BCUT2D eigenvalue weighted by Crippen LogP contribution is -1.95. The molecule has 0 amide bonds. The molecule has 0 aliphatic heterocycles. The average molecular weight is 839 g/mol. The lowest BCUT2D eigenvalue weighted by Gasteiger charge is -2.19. The first-order chi connectivity index (χ1) is 30.4. The molecule has 62 heavy (non-hydrogen) atoms. The Hall–Kier alpha value is -6.96. The third kappa shape index (κ3) is 5.68. The van der Waals surface area contributed by atoms with Gasteiger partial charge in [-0.1, -0.05) is 146 Å². The maximum atomic E-state index is 7.32. The first-order valence-electron chi connectivity index (χ1n) is 21.0. The van der Waals surface area contributed by atoms with Gasteiger partial charge in [0, 0.05) is 32.7 Å². The summed E-state index contributed by atoms with van der Waals surface area (Å²) in [6.07, 6.45) is 0. The first kappa shape index (κ1) is 36.9. The Morgan fingerprint density at radius 3 is 0.823 bits per heavy atom. The van der Waals surface area contributed by atoms with E-state index in [9.17, 15) is 0 Å². The molecule has 2 aromatic heterocycles. The first-order valence-corrected chi connectivity index (χ1v) is 23.4. The summed E-state index contributed by atoms with van der Waals surface area (Å²) in [4.78, 5) is 0. The third-order valence-corrected chi connectivity index (χ3v) is 15.9. The van der Waals surface area contributed by atoms with E-state index in [2.05, 4.69) is 198 Å². The smallest absolute Gasteiger partial charge is 0.253 e. The molecule has 4 nitrogen and oxygen atoms in total. The molecule has 2 heterocycles. The summed E-state index contributed by atoms with van der Waals surface area (Å²) >= 11 is 0. The van der Waals surface area contributed by atoms with Crippen LogP contribution in [0, 0.1) is 27.7 Å². The molecule has 6 heteroatoms. The highest BCUT2D eigenvalue weighted by Crippen LogP contribution is 2.57. The standard InChI is InChI=1S/C56H40O4P2/c1-33-21-23-35(3)55(61-57-45-29-25-37-13-5-9-17-41(37)51(45)52-42-18-10-6-14-38(42)26-30-46(52)58-61)49(33)50-34(2)22-24-36(4)56(50)62-59-47-31-27-39-15-7-11-19-43(39)53(47)54-44-20-12-8-16-40(44)28-32-48(54)60-62/h5-32H,1-4H3. The van der Waals surface area contributed by atoms with Gasteiger partial charge in [0.2, 0.25) is 0 Å². The second-order valence-electron chi connectivity index (χ2n) is 16.4. The fourth-order valence-electron chi connectivity index (χ4n) is 9.61. The van der Waals surface area contributed by atoms with Crippen LogP contribution in [0.3, 0.4) is 0 Å². The zero-order valence-electron chi connectivity index (χ0n) is 34.7. The fraction of sp³-hybridized carbons (Fsp3) is 0.0714. The quantitative estimate of drug-likeness (QED) is 0.178. The van der Waals surface area contributed by atoms with Crippen molar-refractivity contribution >= 4 is 103 Å². The maximum absolute atomic E-state index is 7.32. The molecule has 298 valence electrons. The van der Waals surface area contributed by atoms with Crippen LogP contribution in [0.25, 0.3) is 109 Å². The highest BCUT2D eigenvalue weighted by molar-refractivity contribution is 7.47. The molecule has 10 aromatic carbocycles. The van der Waals surface area contributed by atoms with Crippen molar-refractivity contribution in [1.29, 1.82) is 0 Å². The molecule has 0 saturated carbocycles. The molecule has 0 N–H and O–H groups in total. The Balaban J connectivity index is 1.21. The monoisotopic (exact) mass is 838 g/mol. The van der Waals surface area contributed by atoms with Gasteiger partial charge in [0.1, 0.15) is 22.3 Å². The molecule has 0 aliphatic carbocycles. The molecule has 0 aliphatic rings. The molecule has 0 fully saturated rings. The van der Waals surface area contributed by atoms with E-state index in [4.69, 9.17) is 16.8 Å². The van der Waals surface area contributed by atoms with Crippen molar-refractivity contribution in [2.24, 2.45) is 0 Å². The lowest BCUT2D eigenvalue weighted by molar-refractivity contribution is 0.649. The Bertz CT molecular complexity index is 3480. The number of rotatable bonds is 3. The summed E-state index contributed by atoms with van der Waals surface area (Å²) in [5.41, 5.74) is 9.87. The van der Waals surface area contributed by atoms with Crippen LogP contribution >= 0.6 is 16.0 Å². The Morgan fingerprint density at radius 1 is 0.274 bits per heavy atom. The normalized spacial score (nSPS) is 11.9. The maximum Gasteiger partial charge on any atom is 0.253 e. The van der Waals surface area contributed by atoms with Gasteiger partial charge >= 0.3 is 0 Å². The van der Waals surface area contributed by atoms with Gasteiger partial charge in [0.15, 0.2) is 0 Å². The van der Waals surface area contributed by atoms with Crippen LogP contribution < -0.4 is 0 Å². The van der Waals surface area contributed by atoms with E-state index in [0.717, 1.165) is 131 Å². The minimum absolute atomic E-state index is 0.811. The van der Waals surface area contributed by atoms with Gasteiger partial charge < -0.3 is 16.8 Å².